The number of ether oxygens (including phenoxy) is 1. The number of para-hydroxylation sites is 1. The van der Waals surface area contributed by atoms with Crippen LogP contribution in [0.5, 0.6) is 5.75 Å². The molecule has 0 N–H and O–H groups in total. The molecule has 0 saturated carbocycles. The Labute approximate surface area is 260 Å². The Kier molecular flexibility index (Phi) is 9.01. The molecule has 1 amide bonds. The van der Waals surface area contributed by atoms with Crippen molar-refractivity contribution >= 4 is 96.5 Å². The molecule has 0 unspecified atom stereocenters. The first kappa shape index (κ1) is 28.9. The molecule has 0 saturated heterocycles. The van der Waals surface area contributed by atoms with E-state index in [2.05, 4.69) is 36.4 Å². The molecule has 0 atom stereocenters. The fourth-order valence-electron chi connectivity index (χ4n) is 4.75. The van der Waals surface area contributed by atoms with Crippen LogP contribution in [-0.4, -0.2) is 19.6 Å². The second-order valence-corrected chi connectivity index (χ2v) is 18.2. The van der Waals surface area contributed by atoms with E-state index in [-0.39, 0.29) is 30.9 Å². The summed E-state index contributed by atoms with van der Waals surface area (Å²) in [5, 5.41) is -0.371. The standard InChI is InChI=1S/C31H20Cl5GeNO2/c32-25-26(33)28(35)30(29(36)27(25)34)40-31(39)38(24-19-11-4-12-20-24)37(21-13-5-1-6-14-21,22-15-7-2-8-16-22)23-17-9-3-10-18-23/h1-20H. The van der Waals surface area contributed by atoms with Crippen molar-refractivity contribution in [2.24, 2.45) is 0 Å². The number of carbonyl (C=O) groups excluding carboxylic acids is 1. The van der Waals surface area contributed by atoms with E-state index in [1.165, 1.54) is 0 Å². The Morgan fingerprint density at radius 1 is 0.500 bits per heavy atom. The van der Waals surface area contributed by atoms with Gasteiger partial charge in [0.05, 0.1) is 0 Å². The van der Waals surface area contributed by atoms with Gasteiger partial charge in [-0.2, -0.15) is 0 Å². The number of halogens is 5. The van der Waals surface area contributed by atoms with E-state index in [0.717, 1.165) is 13.2 Å². The van der Waals surface area contributed by atoms with E-state index in [4.69, 9.17) is 62.7 Å². The molecule has 40 heavy (non-hydrogen) atoms. The van der Waals surface area contributed by atoms with E-state index in [0.29, 0.717) is 5.69 Å². The first-order chi connectivity index (χ1) is 19.4. The van der Waals surface area contributed by atoms with Gasteiger partial charge in [0.15, 0.2) is 0 Å². The second-order valence-electron chi connectivity index (χ2n) is 8.75. The Bertz CT molecular complexity index is 1510. The third-order valence-corrected chi connectivity index (χ3v) is 18.4. The number of amides is 1. The quantitative estimate of drug-likeness (QED) is 0.102. The van der Waals surface area contributed by atoms with E-state index in [9.17, 15) is 4.79 Å². The Hall–Kier alpha value is -2.64. The molecule has 5 aromatic rings. The monoisotopic (exact) mass is 687 g/mol. The van der Waals surface area contributed by atoms with Gasteiger partial charge in [0.1, 0.15) is 0 Å². The Balaban J connectivity index is 1.84. The van der Waals surface area contributed by atoms with Gasteiger partial charge >= 0.3 is 262 Å². The van der Waals surface area contributed by atoms with Gasteiger partial charge in [0.2, 0.25) is 0 Å². The molecule has 0 aliphatic heterocycles. The van der Waals surface area contributed by atoms with E-state index >= 15 is 0 Å². The van der Waals surface area contributed by atoms with Crippen LogP contribution < -0.4 is 21.8 Å². The molecule has 0 aliphatic carbocycles. The van der Waals surface area contributed by atoms with Gasteiger partial charge in [0, 0.05) is 0 Å². The molecule has 3 nitrogen and oxygen atoms in total. The first-order valence-corrected chi connectivity index (χ1v) is 18.1. The molecule has 0 radical (unpaired) electrons. The average Bonchev–Trinajstić information content (AvgIpc) is 3.01. The van der Waals surface area contributed by atoms with Crippen LogP contribution in [0.3, 0.4) is 0 Å². The molecule has 0 aliphatic rings. The van der Waals surface area contributed by atoms with Crippen molar-refractivity contribution in [1.29, 1.82) is 0 Å². The molecule has 200 valence electrons. The van der Waals surface area contributed by atoms with Crippen molar-refractivity contribution in [3.63, 3.8) is 0 Å². The fraction of sp³-hybridized carbons (Fsp3) is 0. The predicted octanol–water partition coefficient (Wildman–Crippen LogP) is 8.63. The van der Waals surface area contributed by atoms with Gasteiger partial charge in [-0.3, -0.25) is 0 Å². The van der Waals surface area contributed by atoms with Crippen LogP contribution in [0.4, 0.5) is 10.5 Å². The van der Waals surface area contributed by atoms with E-state index in [1.54, 1.807) is 3.86 Å². The van der Waals surface area contributed by atoms with Crippen molar-refractivity contribution in [1.82, 2.24) is 0 Å². The van der Waals surface area contributed by atoms with Crippen LogP contribution in [0.2, 0.25) is 25.1 Å². The zero-order valence-electron chi connectivity index (χ0n) is 20.7. The summed E-state index contributed by atoms with van der Waals surface area (Å²) >= 11 is 27.6. The van der Waals surface area contributed by atoms with Crippen LogP contribution in [0.15, 0.2) is 121 Å². The van der Waals surface area contributed by atoms with Crippen molar-refractivity contribution in [3.8, 4) is 5.75 Å². The van der Waals surface area contributed by atoms with E-state index < -0.39 is 19.6 Å². The molecule has 0 spiro atoms. The summed E-state index contributed by atoms with van der Waals surface area (Å²) in [5.74, 6) is -0.167. The van der Waals surface area contributed by atoms with Gasteiger partial charge < -0.3 is 0 Å². The molecular formula is C31H20Cl5GeNO2. The molecule has 0 bridgehead atoms. The fourth-order valence-corrected chi connectivity index (χ4v) is 15.7. The number of nitrogens with zero attached hydrogens (tertiary/aromatic N) is 1. The van der Waals surface area contributed by atoms with Crippen molar-refractivity contribution in [2.75, 3.05) is 3.86 Å². The predicted molar refractivity (Wildman–Crippen MR) is 170 cm³/mol. The Morgan fingerprint density at radius 2 is 0.825 bits per heavy atom. The van der Waals surface area contributed by atoms with Crippen LogP contribution in [-0.2, 0) is 0 Å². The summed E-state index contributed by atoms with van der Waals surface area (Å²) in [5.41, 5.74) is 0.641. The van der Waals surface area contributed by atoms with Gasteiger partial charge in [0.25, 0.3) is 0 Å². The SMILES string of the molecule is O=C(Oc1c(Cl)c(Cl)c(Cl)c(Cl)c1Cl)[N](c1ccccc1)[Ge]([c]1ccccc1)([c]1ccccc1)[c]1ccccc1. The van der Waals surface area contributed by atoms with Crippen LogP contribution >= 0.6 is 58.0 Å². The summed E-state index contributed by atoms with van der Waals surface area (Å²) in [6.45, 7) is 0. The minimum absolute atomic E-state index is 0.0251. The zero-order valence-corrected chi connectivity index (χ0v) is 26.6. The topological polar surface area (TPSA) is 29.5 Å². The Morgan fingerprint density at radius 3 is 1.20 bits per heavy atom. The number of hydrogen-bond donors (Lipinski definition) is 0. The first-order valence-electron chi connectivity index (χ1n) is 12.1. The summed E-state index contributed by atoms with van der Waals surface area (Å²) in [4.78, 5) is 14.6. The minimum atomic E-state index is -4.18. The second kappa shape index (κ2) is 12.5. The summed E-state index contributed by atoms with van der Waals surface area (Å²) < 4.78 is 10.8. The summed E-state index contributed by atoms with van der Waals surface area (Å²) in [6.07, 6.45) is -0.694. The van der Waals surface area contributed by atoms with Gasteiger partial charge in [-0.25, -0.2) is 0 Å². The van der Waals surface area contributed by atoms with Crippen molar-refractivity contribution in [2.45, 2.75) is 0 Å². The van der Waals surface area contributed by atoms with E-state index in [1.807, 2.05) is 84.9 Å². The summed E-state index contributed by atoms with van der Waals surface area (Å²) in [7, 11) is 0. The number of carbonyl (C=O) groups is 1. The number of hydrogen-bond acceptors (Lipinski definition) is 2. The molecule has 9 heteroatoms. The third kappa shape index (κ3) is 5.23. The van der Waals surface area contributed by atoms with Crippen molar-refractivity contribution < 1.29 is 9.53 Å². The number of benzene rings is 5. The molecule has 0 heterocycles. The van der Waals surface area contributed by atoms with Crippen molar-refractivity contribution in [3.05, 3.63) is 146 Å². The normalized spacial score (nSPS) is 11.2. The molecule has 0 aromatic heterocycles. The molecule has 0 fully saturated rings. The number of anilines is 1. The van der Waals surface area contributed by atoms with Crippen LogP contribution in [0.1, 0.15) is 0 Å². The maximum absolute atomic E-state index is 14.6. The molecule has 5 rings (SSSR count). The van der Waals surface area contributed by atoms with Gasteiger partial charge in [-0.05, 0) is 0 Å². The van der Waals surface area contributed by atoms with Gasteiger partial charge in [-0.15, -0.1) is 0 Å². The molecule has 5 aromatic carbocycles. The zero-order chi connectivity index (χ0) is 28.3. The number of rotatable bonds is 6. The van der Waals surface area contributed by atoms with Crippen LogP contribution in [0.25, 0.3) is 0 Å². The third-order valence-electron chi connectivity index (χ3n) is 6.47. The van der Waals surface area contributed by atoms with Crippen LogP contribution in [0, 0.1) is 0 Å². The maximum atomic E-state index is 14.6. The molecular weight excluding hydrogens is 668 g/mol. The average molecular weight is 688 g/mol. The van der Waals surface area contributed by atoms with Gasteiger partial charge in [-0.1, -0.05) is 0 Å². The summed E-state index contributed by atoms with van der Waals surface area (Å²) in [6, 6.07) is 39.4.